The molecule has 0 bridgehead atoms. The summed E-state index contributed by atoms with van der Waals surface area (Å²) in [6.45, 7) is 1.50. The lowest BCUT2D eigenvalue weighted by Gasteiger charge is -2.10. The molecule has 0 aliphatic rings. The van der Waals surface area contributed by atoms with Crippen LogP contribution in [0.5, 0.6) is 0 Å². The van der Waals surface area contributed by atoms with E-state index in [9.17, 15) is 22.0 Å². The Morgan fingerprint density at radius 3 is 2.45 bits per heavy atom. The summed E-state index contributed by atoms with van der Waals surface area (Å²) in [6, 6.07) is 11.8. The fourth-order valence-electron chi connectivity index (χ4n) is 3.33. The maximum atomic E-state index is 13.4. The smallest absolute Gasteiger partial charge is 0.283 e. The zero-order chi connectivity index (χ0) is 22.3. The quantitative estimate of drug-likeness (QED) is 0.396. The van der Waals surface area contributed by atoms with Crippen molar-refractivity contribution in [3.05, 3.63) is 94.1 Å². The first-order valence-electron chi connectivity index (χ1n) is 9.13. The average Bonchev–Trinajstić information content (AvgIpc) is 3.11. The first kappa shape index (κ1) is 21.1. The summed E-state index contributed by atoms with van der Waals surface area (Å²) in [5.74, 6) is -1.43. The highest BCUT2D eigenvalue weighted by Gasteiger charge is 2.23. The highest BCUT2D eigenvalue weighted by atomic mass is 35.5. The van der Waals surface area contributed by atoms with Crippen LogP contribution in [-0.4, -0.2) is 23.4 Å². The van der Waals surface area contributed by atoms with E-state index in [2.05, 4.69) is 5.10 Å². The number of halogens is 3. The first-order chi connectivity index (χ1) is 14.7. The van der Waals surface area contributed by atoms with Crippen molar-refractivity contribution < 1.29 is 22.0 Å². The number of aryl methyl sites for hydroxylation is 1. The van der Waals surface area contributed by atoms with Crippen LogP contribution in [0.15, 0.2) is 65.7 Å². The van der Waals surface area contributed by atoms with E-state index in [4.69, 9.17) is 11.6 Å². The second-order valence-electron chi connectivity index (χ2n) is 7.02. The maximum Gasteiger partial charge on any atom is 0.283 e. The van der Waals surface area contributed by atoms with Crippen LogP contribution in [0.2, 0.25) is 5.02 Å². The molecule has 158 valence electrons. The molecule has 0 radical (unpaired) electrons. The van der Waals surface area contributed by atoms with Gasteiger partial charge >= 0.3 is 0 Å². The van der Waals surface area contributed by atoms with Gasteiger partial charge in [-0.05, 0) is 60.5 Å². The van der Waals surface area contributed by atoms with Crippen molar-refractivity contribution in [1.29, 1.82) is 0 Å². The topological polar surface area (TPSA) is 69.0 Å². The van der Waals surface area contributed by atoms with Crippen molar-refractivity contribution in [3.8, 4) is 0 Å². The molecule has 0 N–H and O–H groups in total. The van der Waals surface area contributed by atoms with Gasteiger partial charge in [0.1, 0.15) is 11.6 Å². The van der Waals surface area contributed by atoms with Gasteiger partial charge in [0.05, 0.1) is 21.6 Å². The van der Waals surface area contributed by atoms with Gasteiger partial charge in [0.2, 0.25) is 0 Å². The maximum absolute atomic E-state index is 13.4. The second kappa shape index (κ2) is 7.86. The van der Waals surface area contributed by atoms with Crippen LogP contribution in [0, 0.1) is 18.6 Å². The lowest BCUT2D eigenvalue weighted by atomic mass is 10.0. The Morgan fingerprint density at radius 1 is 1.03 bits per heavy atom. The van der Waals surface area contributed by atoms with Gasteiger partial charge in [0.25, 0.3) is 10.0 Å². The normalized spacial score (nSPS) is 11.7. The zero-order valence-electron chi connectivity index (χ0n) is 16.1. The van der Waals surface area contributed by atoms with Crippen molar-refractivity contribution in [1.82, 2.24) is 9.19 Å². The minimum atomic E-state index is -4.09. The van der Waals surface area contributed by atoms with E-state index < -0.39 is 21.7 Å². The number of fused-ring (bicyclic) bond motifs is 1. The van der Waals surface area contributed by atoms with E-state index in [-0.39, 0.29) is 38.8 Å². The molecule has 0 spiro atoms. The predicted molar refractivity (Wildman–Crippen MR) is 113 cm³/mol. The Morgan fingerprint density at radius 2 is 1.74 bits per heavy atom. The number of benzene rings is 3. The van der Waals surface area contributed by atoms with Crippen molar-refractivity contribution >= 4 is 38.3 Å². The molecule has 0 saturated heterocycles. The lowest BCUT2D eigenvalue weighted by Crippen LogP contribution is -2.16. The molecule has 0 aliphatic heterocycles. The highest BCUT2D eigenvalue weighted by Crippen LogP contribution is 2.25. The number of aromatic nitrogens is 2. The van der Waals surface area contributed by atoms with Gasteiger partial charge in [-0.3, -0.25) is 4.79 Å². The minimum absolute atomic E-state index is 0.00508. The van der Waals surface area contributed by atoms with Gasteiger partial charge < -0.3 is 0 Å². The van der Waals surface area contributed by atoms with Crippen molar-refractivity contribution in [3.63, 3.8) is 0 Å². The third-order valence-electron chi connectivity index (χ3n) is 4.84. The van der Waals surface area contributed by atoms with E-state index in [1.807, 2.05) is 0 Å². The summed E-state index contributed by atoms with van der Waals surface area (Å²) < 4.78 is 53.8. The zero-order valence-corrected chi connectivity index (χ0v) is 17.7. The van der Waals surface area contributed by atoms with E-state index in [1.165, 1.54) is 25.3 Å². The van der Waals surface area contributed by atoms with Crippen LogP contribution in [0.3, 0.4) is 0 Å². The minimum Gasteiger partial charge on any atom is -0.294 e. The average molecular weight is 461 g/mol. The Labute approximate surface area is 181 Å². The van der Waals surface area contributed by atoms with Gasteiger partial charge in [-0.25, -0.2) is 8.78 Å². The monoisotopic (exact) mass is 460 g/mol. The molecule has 0 amide bonds. The van der Waals surface area contributed by atoms with E-state index >= 15 is 0 Å². The Kier molecular flexibility index (Phi) is 5.36. The molecule has 4 rings (SSSR count). The number of hydrogen-bond acceptors (Lipinski definition) is 4. The summed E-state index contributed by atoms with van der Waals surface area (Å²) in [5, 5.41) is 4.56. The number of rotatable bonds is 5. The molecule has 31 heavy (non-hydrogen) atoms. The molecule has 1 heterocycles. The molecule has 1 aromatic heterocycles. The molecule has 4 aromatic rings. The van der Waals surface area contributed by atoms with Gasteiger partial charge in [0, 0.05) is 17.4 Å². The fraction of sp³-hybridized carbons (Fsp3) is 0.0909. The standard InChI is InChI=1S/C22H15ClF2N2O3S/c1-13-8-16(24)5-7-22(13)31(29,30)27-20-9-14(2-3-15(20)12-26-27)10-21(28)18-6-4-17(25)11-19(18)23/h2-9,11-12H,10H2,1H3. The molecular weight excluding hydrogens is 446 g/mol. The van der Waals surface area contributed by atoms with Crippen LogP contribution < -0.4 is 0 Å². The number of nitrogens with zero attached hydrogens (tertiary/aromatic N) is 2. The number of hydrogen-bond donors (Lipinski definition) is 0. The van der Waals surface area contributed by atoms with Crippen molar-refractivity contribution in [2.24, 2.45) is 0 Å². The van der Waals surface area contributed by atoms with E-state index in [0.29, 0.717) is 10.9 Å². The molecule has 9 heteroatoms. The van der Waals surface area contributed by atoms with Crippen LogP contribution in [-0.2, 0) is 16.4 Å². The summed E-state index contributed by atoms with van der Waals surface area (Å²) >= 11 is 5.97. The SMILES string of the molecule is Cc1cc(F)ccc1S(=O)(=O)n1ncc2ccc(CC(=O)c3ccc(F)cc3Cl)cc21. The Hall–Kier alpha value is -3.10. The Balaban J connectivity index is 1.73. The van der Waals surface area contributed by atoms with Gasteiger partial charge in [0.15, 0.2) is 5.78 Å². The lowest BCUT2D eigenvalue weighted by molar-refractivity contribution is 0.0993. The number of carbonyl (C=O) groups excluding carboxylic acids is 1. The third-order valence-corrected chi connectivity index (χ3v) is 6.91. The van der Waals surface area contributed by atoms with Crippen LogP contribution >= 0.6 is 11.6 Å². The molecule has 0 aliphatic carbocycles. The predicted octanol–water partition coefficient (Wildman–Crippen LogP) is 4.94. The van der Waals surface area contributed by atoms with Gasteiger partial charge in [-0.15, -0.1) is 0 Å². The second-order valence-corrected chi connectivity index (χ2v) is 9.16. The number of carbonyl (C=O) groups is 1. The van der Waals surface area contributed by atoms with Crippen LogP contribution in [0.1, 0.15) is 21.5 Å². The Bertz CT molecular complexity index is 1450. The third kappa shape index (κ3) is 3.96. The van der Waals surface area contributed by atoms with Crippen molar-refractivity contribution in [2.45, 2.75) is 18.2 Å². The van der Waals surface area contributed by atoms with Crippen LogP contribution in [0.4, 0.5) is 8.78 Å². The molecule has 0 unspecified atom stereocenters. The largest absolute Gasteiger partial charge is 0.294 e. The van der Waals surface area contributed by atoms with Gasteiger partial charge in [-0.1, -0.05) is 23.7 Å². The van der Waals surface area contributed by atoms with Crippen molar-refractivity contribution in [2.75, 3.05) is 0 Å². The van der Waals surface area contributed by atoms with E-state index in [0.717, 1.165) is 28.4 Å². The summed E-state index contributed by atoms with van der Waals surface area (Å²) in [5.41, 5.74) is 1.23. The summed E-state index contributed by atoms with van der Waals surface area (Å²) in [6.07, 6.45) is 1.33. The first-order valence-corrected chi connectivity index (χ1v) is 11.0. The summed E-state index contributed by atoms with van der Waals surface area (Å²) in [4.78, 5) is 12.5. The molecule has 3 aromatic carbocycles. The number of Topliss-reactive ketones (excluding diaryl/α,β-unsaturated/α-hetero) is 1. The fourth-order valence-corrected chi connectivity index (χ4v) is 5.09. The van der Waals surface area contributed by atoms with E-state index in [1.54, 1.807) is 18.2 Å². The number of ketones is 1. The van der Waals surface area contributed by atoms with Crippen LogP contribution in [0.25, 0.3) is 10.9 Å². The molecule has 0 fully saturated rings. The highest BCUT2D eigenvalue weighted by molar-refractivity contribution is 7.90. The van der Waals surface area contributed by atoms with Gasteiger partial charge in [-0.2, -0.15) is 17.6 Å². The molecule has 0 atom stereocenters. The summed E-state index contributed by atoms with van der Waals surface area (Å²) in [7, 11) is -4.09. The molecule has 5 nitrogen and oxygen atoms in total. The molecular formula is C22H15ClF2N2O3S. The molecule has 0 saturated carbocycles.